The smallest absolute Gasteiger partial charge is 0.302 e. The van der Waals surface area contributed by atoms with Crippen LogP contribution in [0.2, 0.25) is 0 Å². The molecule has 47 heavy (non-hydrogen) atoms. The highest BCUT2D eigenvalue weighted by molar-refractivity contribution is 5.73. The van der Waals surface area contributed by atoms with Crippen molar-refractivity contribution in [3.8, 4) is 0 Å². The Labute approximate surface area is 270 Å². The summed E-state index contributed by atoms with van der Waals surface area (Å²) in [5.41, 5.74) is 13.2. The molecule has 0 unspecified atom stereocenters. The van der Waals surface area contributed by atoms with Crippen LogP contribution in [0, 0.1) is 0 Å². The van der Waals surface area contributed by atoms with E-state index in [1.165, 1.54) is 6.92 Å². The lowest BCUT2D eigenvalue weighted by Crippen LogP contribution is -2.70. The first-order valence-corrected chi connectivity index (χ1v) is 15.1. The van der Waals surface area contributed by atoms with Crippen molar-refractivity contribution in [2.24, 2.45) is 11.5 Å². The van der Waals surface area contributed by atoms with Crippen molar-refractivity contribution in [2.45, 2.75) is 112 Å². The van der Waals surface area contributed by atoms with Gasteiger partial charge in [-0.2, -0.15) is 0 Å². The first-order chi connectivity index (χ1) is 22.3. The Hall–Kier alpha value is -2.40. The lowest BCUT2D eigenvalue weighted by Gasteiger charge is -2.50. The molecule has 3 heterocycles. The van der Waals surface area contributed by atoms with E-state index in [1.54, 1.807) is 0 Å². The second-order valence-corrected chi connectivity index (χ2v) is 11.7. The summed E-state index contributed by atoms with van der Waals surface area (Å²) >= 11 is 0. The third-order valence-electron chi connectivity index (χ3n) is 8.14. The normalized spacial score (nSPS) is 40.9. The molecule has 3 saturated heterocycles. The maximum absolute atomic E-state index is 12.3. The number of ether oxygens (including phenoxy) is 7. The highest BCUT2D eigenvalue weighted by Gasteiger charge is 2.54. The van der Waals surface area contributed by atoms with Gasteiger partial charge in [0.25, 0.3) is 0 Å². The van der Waals surface area contributed by atoms with Crippen molar-refractivity contribution >= 4 is 11.9 Å². The molecule has 18 nitrogen and oxygen atoms in total. The van der Waals surface area contributed by atoms with Gasteiger partial charge < -0.3 is 80.6 Å². The molecule has 0 radical (unpaired) electrons. The van der Waals surface area contributed by atoms with Gasteiger partial charge in [0.1, 0.15) is 67.6 Å². The molecular formula is C29H45N3O15. The van der Waals surface area contributed by atoms with Crippen LogP contribution in [0.25, 0.3) is 0 Å². The van der Waals surface area contributed by atoms with Gasteiger partial charge in [0.2, 0.25) is 5.91 Å². The number of nitrogens with one attached hydrogen (secondary N) is 1. The lowest BCUT2D eigenvalue weighted by atomic mass is 9.93. The van der Waals surface area contributed by atoms with E-state index in [0.29, 0.717) is 0 Å². The van der Waals surface area contributed by atoms with Crippen molar-refractivity contribution in [1.29, 1.82) is 0 Å². The topological polar surface area (TPSA) is 284 Å². The predicted molar refractivity (Wildman–Crippen MR) is 155 cm³/mol. The molecule has 0 saturated carbocycles. The molecule has 1 amide bonds. The highest BCUT2D eigenvalue weighted by atomic mass is 16.7. The Morgan fingerprint density at radius 1 is 0.787 bits per heavy atom. The molecule has 18 heteroatoms. The summed E-state index contributed by atoms with van der Waals surface area (Å²) in [5, 5.41) is 65.5. The average Bonchev–Trinajstić information content (AvgIpc) is 3.04. The number of esters is 1. The number of hydrogen-bond donors (Lipinski definition) is 9. The fourth-order valence-electron chi connectivity index (χ4n) is 5.58. The molecule has 4 rings (SSSR count). The summed E-state index contributed by atoms with van der Waals surface area (Å²) in [5.74, 6) is -1.28. The minimum absolute atomic E-state index is 0.125. The average molecular weight is 676 g/mol. The van der Waals surface area contributed by atoms with Gasteiger partial charge in [-0.25, -0.2) is 0 Å². The second kappa shape index (κ2) is 16.8. The van der Waals surface area contributed by atoms with Gasteiger partial charge in [0.05, 0.1) is 31.9 Å². The van der Waals surface area contributed by atoms with Gasteiger partial charge in [-0.05, 0) is 5.56 Å². The van der Waals surface area contributed by atoms with Crippen LogP contribution >= 0.6 is 0 Å². The third-order valence-corrected chi connectivity index (χ3v) is 8.14. The van der Waals surface area contributed by atoms with Crippen LogP contribution in [0.15, 0.2) is 30.3 Å². The van der Waals surface area contributed by atoms with Crippen LogP contribution in [0.4, 0.5) is 0 Å². The molecule has 15 atom stereocenters. The molecule has 1 aromatic rings. The number of carbonyl (C=O) groups excluding carboxylic acids is 2. The van der Waals surface area contributed by atoms with Crippen molar-refractivity contribution in [3.05, 3.63) is 35.9 Å². The standard InChI is InChI=1S/C29H45N3O15/c1-12(34)32-20-26(47-29-19(31)24(39)22(37)16(45-29)11-42-13(2)35)25(46-28-18(30)23(38)21(36)15(8-33)44-28)17(43-27(20)40)10-41-9-14-6-4-3-5-7-14/h3-7,15-29,33,36-40H,8-11,30-31H2,1-2H3,(H,32,34)/t15-,16-,17-,18-,19-,20-,21+,22+,23-,24-,25+,26-,27+,28+,29+/m1/s1. The number of amides is 1. The van der Waals surface area contributed by atoms with Gasteiger partial charge in [0, 0.05) is 13.8 Å². The van der Waals surface area contributed by atoms with Crippen LogP contribution in [0.3, 0.4) is 0 Å². The zero-order valence-corrected chi connectivity index (χ0v) is 25.9. The summed E-state index contributed by atoms with van der Waals surface area (Å²) < 4.78 is 40.6. The van der Waals surface area contributed by atoms with Crippen LogP contribution in [-0.2, 0) is 49.4 Å². The predicted octanol–water partition coefficient (Wildman–Crippen LogP) is -4.70. The van der Waals surface area contributed by atoms with E-state index in [4.69, 9.17) is 44.6 Å². The number of nitrogens with two attached hydrogens (primary N) is 2. The fraction of sp³-hybridized carbons (Fsp3) is 0.724. The Morgan fingerprint density at radius 3 is 1.94 bits per heavy atom. The van der Waals surface area contributed by atoms with E-state index >= 15 is 0 Å². The Morgan fingerprint density at radius 2 is 1.36 bits per heavy atom. The molecule has 0 spiro atoms. The third kappa shape index (κ3) is 9.19. The molecule has 11 N–H and O–H groups in total. The molecular weight excluding hydrogens is 630 g/mol. The highest BCUT2D eigenvalue weighted by Crippen LogP contribution is 2.33. The van der Waals surface area contributed by atoms with Crippen molar-refractivity contribution in [3.63, 3.8) is 0 Å². The van der Waals surface area contributed by atoms with Crippen LogP contribution < -0.4 is 16.8 Å². The van der Waals surface area contributed by atoms with Gasteiger partial charge in [-0.3, -0.25) is 9.59 Å². The fourth-order valence-corrected chi connectivity index (χ4v) is 5.58. The Balaban J connectivity index is 1.66. The maximum atomic E-state index is 12.3. The number of aliphatic hydroxyl groups excluding tert-OH is 6. The monoisotopic (exact) mass is 675 g/mol. The molecule has 3 aliphatic heterocycles. The van der Waals surface area contributed by atoms with Gasteiger partial charge in [-0.1, -0.05) is 30.3 Å². The molecule has 3 aliphatic rings. The van der Waals surface area contributed by atoms with Gasteiger partial charge in [0.15, 0.2) is 18.9 Å². The summed E-state index contributed by atoms with van der Waals surface area (Å²) in [6.07, 6.45) is -17.7. The van der Waals surface area contributed by atoms with Gasteiger partial charge in [-0.15, -0.1) is 0 Å². The van der Waals surface area contributed by atoms with E-state index in [2.05, 4.69) is 5.32 Å². The number of benzene rings is 1. The van der Waals surface area contributed by atoms with Crippen molar-refractivity contribution in [1.82, 2.24) is 5.32 Å². The minimum atomic E-state index is -1.72. The molecule has 3 fully saturated rings. The summed E-state index contributed by atoms with van der Waals surface area (Å²) in [7, 11) is 0. The zero-order chi connectivity index (χ0) is 34.4. The molecule has 0 aliphatic carbocycles. The molecule has 266 valence electrons. The molecule has 0 bridgehead atoms. The first kappa shape index (κ1) is 37.4. The van der Waals surface area contributed by atoms with Gasteiger partial charge >= 0.3 is 5.97 Å². The summed E-state index contributed by atoms with van der Waals surface area (Å²) in [6, 6.07) is 5.00. The number of aliphatic hydroxyl groups is 6. The van der Waals surface area contributed by atoms with E-state index in [1.807, 2.05) is 30.3 Å². The summed E-state index contributed by atoms with van der Waals surface area (Å²) in [6.45, 7) is 1.06. The van der Waals surface area contributed by atoms with E-state index < -0.39 is 117 Å². The SMILES string of the molecule is CC(=O)N[C@@H]1[C@@H](O[C@@H]2O[C@H](COC(C)=O)[C@H](O)[C@H](O)[C@H]2N)[C@@H](O[C@@H]2O[C@H](CO)[C@H](O)[C@H](O)[C@H]2N)[C@@H](COCc2ccccc2)O[C@@H]1O. The summed E-state index contributed by atoms with van der Waals surface area (Å²) in [4.78, 5) is 23.7. The molecule has 1 aromatic carbocycles. The quantitative estimate of drug-likeness (QED) is 0.0941. The van der Waals surface area contributed by atoms with Crippen molar-refractivity contribution in [2.75, 3.05) is 19.8 Å². The largest absolute Gasteiger partial charge is 0.463 e. The van der Waals surface area contributed by atoms with Crippen molar-refractivity contribution < 1.29 is 73.4 Å². The van der Waals surface area contributed by atoms with E-state index in [0.717, 1.165) is 12.5 Å². The van der Waals surface area contributed by atoms with Crippen LogP contribution in [0.1, 0.15) is 19.4 Å². The van der Waals surface area contributed by atoms with E-state index in [-0.39, 0.29) is 13.2 Å². The van der Waals surface area contributed by atoms with Crippen LogP contribution in [0.5, 0.6) is 0 Å². The number of carbonyl (C=O) groups is 2. The molecule has 0 aromatic heterocycles. The Bertz CT molecular complexity index is 1150. The zero-order valence-electron chi connectivity index (χ0n) is 25.9. The number of hydrogen-bond acceptors (Lipinski definition) is 17. The van der Waals surface area contributed by atoms with Crippen LogP contribution in [-0.4, -0.2) is 154 Å². The minimum Gasteiger partial charge on any atom is -0.463 e. The van der Waals surface area contributed by atoms with E-state index in [9.17, 15) is 40.2 Å². The lowest BCUT2D eigenvalue weighted by molar-refractivity contribution is -0.354. The number of rotatable bonds is 12. The first-order valence-electron chi connectivity index (χ1n) is 15.1. The second-order valence-electron chi connectivity index (χ2n) is 11.7. The Kier molecular flexibility index (Phi) is 13.4. The maximum Gasteiger partial charge on any atom is 0.302 e.